The van der Waals surface area contributed by atoms with Crippen LogP contribution in [-0.4, -0.2) is 61.0 Å². The number of rotatable bonds is 6. The average Bonchev–Trinajstić information content (AvgIpc) is 3.03. The summed E-state index contributed by atoms with van der Waals surface area (Å²) >= 11 is 0. The predicted octanol–water partition coefficient (Wildman–Crippen LogP) is 3.98. The number of Topliss-reactive ketones (excluding diaryl/α,β-unsaturated/α-hetero) is 1. The topological polar surface area (TPSA) is 38.8 Å². The number of ketones is 1. The minimum absolute atomic E-state index is 0. The fourth-order valence-electron chi connectivity index (χ4n) is 4.71. The Kier molecular flexibility index (Phi) is 7.60. The second kappa shape index (κ2) is 9.96. The van der Waals surface area contributed by atoms with Gasteiger partial charge >= 0.3 is 23.1 Å². The molecule has 0 spiro atoms. The van der Waals surface area contributed by atoms with Gasteiger partial charge in [0.15, 0.2) is 17.3 Å². The molecule has 0 bridgehead atoms. The quantitative estimate of drug-likeness (QED) is 0.684. The van der Waals surface area contributed by atoms with Crippen LogP contribution < -0.4 is 9.47 Å². The SMILES string of the molecule is COc1cc2c(cc1OC)C(=O)C(CC1CCN(Cc3ccccc3)CC1)C2.[Mg+2]. The first-order chi connectivity index (χ1) is 13.7. The van der Waals surface area contributed by atoms with E-state index in [2.05, 4.69) is 35.2 Å². The summed E-state index contributed by atoms with van der Waals surface area (Å²) in [5.74, 6) is 2.38. The Morgan fingerprint density at radius 1 is 1.00 bits per heavy atom. The van der Waals surface area contributed by atoms with Gasteiger partial charge in [-0.05, 0) is 68.0 Å². The molecule has 1 aliphatic carbocycles. The number of fused-ring (bicyclic) bond motifs is 1. The molecule has 0 N–H and O–H groups in total. The summed E-state index contributed by atoms with van der Waals surface area (Å²) in [6, 6.07) is 14.5. The summed E-state index contributed by atoms with van der Waals surface area (Å²) in [5, 5.41) is 0. The van der Waals surface area contributed by atoms with Gasteiger partial charge in [0.1, 0.15) is 0 Å². The van der Waals surface area contributed by atoms with E-state index in [4.69, 9.17) is 9.47 Å². The van der Waals surface area contributed by atoms with Crippen molar-refractivity contribution < 1.29 is 14.3 Å². The molecule has 0 saturated carbocycles. The van der Waals surface area contributed by atoms with E-state index < -0.39 is 0 Å². The second-order valence-electron chi connectivity index (χ2n) is 8.07. The van der Waals surface area contributed by atoms with Crippen LogP contribution in [0.3, 0.4) is 0 Å². The zero-order valence-corrected chi connectivity index (χ0v) is 18.9. The van der Waals surface area contributed by atoms with Crippen LogP contribution in [0.25, 0.3) is 0 Å². The van der Waals surface area contributed by atoms with E-state index >= 15 is 0 Å². The molecule has 1 heterocycles. The van der Waals surface area contributed by atoms with Crippen molar-refractivity contribution in [3.05, 3.63) is 59.2 Å². The van der Waals surface area contributed by atoms with Crippen molar-refractivity contribution in [1.82, 2.24) is 4.90 Å². The van der Waals surface area contributed by atoms with Crippen molar-refractivity contribution in [2.45, 2.75) is 32.2 Å². The largest absolute Gasteiger partial charge is 2.00 e. The van der Waals surface area contributed by atoms with Crippen LogP contribution in [0.1, 0.15) is 40.7 Å². The summed E-state index contributed by atoms with van der Waals surface area (Å²) in [6.45, 7) is 3.27. The molecular weight excluding hydrogens is 375 g/mol. The van der Waals surface area contributed by atoms with Crippen LogP contribution in [0.15, 0.2) is 42.5 Å². The number of ether oxygens (including phenoxy) is 2. The van der Waals surface area contributed by atoms with Crippen molar-refractivity contribution >= 4 is 28.8 Å². The molecule has 0 radical (unpaired) electrons. The molecule has 0 aromatic heterocycles. The molecule has 1 unspecified atom stereocenters. The zero-order chi connectivity index (χ0) is 19.5. The van der Waals surface area contributed by atoms with Gasteiger partial charge in [0, 0.05) is 18.0 Å². The van der Waals surface area contributed by atoms with E-state index in [1.54, 1.807) is 14.2 Å². The van der Waals surface area contributed by atoms with E-state index in [9.17, 15) is 4.79 Å². The molecule has 4 nitrogen and oxygen atoms in total. The average molecular weight is 404 g/mol. The van der Waals surface area contributed by atoms with Crippen molar-refractivity contribution in [3.63, 3.8) is 0 Å². The first kappa shape index (κ1) is 22.1. The normalized spacial score (nSPS) is 19.5. The van der Waals surface area contributed by atoms with Gasteiger partial charge in [0.2, 0.25) is 0 Å². The van der Waals surface area contributed by atoms with Crippen molar-refractivity contribution in [3.8, 4) is 11.5 Å². The summed E-state index contributed by atoms with van der Waals surface area (Å²) in [4.78, 5) is 15.5. The molecule has 4 rings (SSSR count). The van der Waals surface area contributed by atoms with E-state index in [-0.39, 0.29) is 34.8 Å². The zero-order valence-electron chi connectivity index (χ0n) is 17.5. The molecule has 29 heavy (non-hydrogen) atoms. The van der Waals surface area contributed by atoms with Gasteiger partial charge < -0.3 is 9.47 Å². The molecule has 5 heteroatoms. The third kappa shape index (κ3) is 4.96. The number of nitrogens with zero attached hydrogens (tertiary/aromatic N) is 1. The van der Waals surface area contributed by atoms with E-state index in [0.29, 0.717) is 17.4 Å². The van der Waals surface area contributed by atoms with Gasteiger partial charge in [0.25, 0.3) is 0 Å². The van der Waals surface area contributed by atoms with Crippen LogP contribution >= 0.6 is 0 Å². The Morgan fingerprint density at radius 3 is 2.31 bits per heavy atom. The van der Waals surface area contributed by atoms with Gasteiger partial charge in [-0.25, -0.2) is 0 Å². The Labute approximate surface area is 189 Å². The molecule has 148 valence electrons. The number of carbonyl (C=O) groups is 1. The summed E-state index contributed by atoms with van der Waals surface area (Å²) in [7, 11) is 3.26. The van der Waals surface area contributed by atoms with Crippen LogP contribution in [0.5, 0.6) is 11.5 Å². The van der Waals surface area contributed by atoms with Crippen LogP contribution in [0, 0.1) is 11.8 Å². The van der Waals surface area contributed by atoms with Crippen LogP contribution in [-0.2, 0) is 13.0 Å². The van der Waals surface area contributed by atoms with Crippen molar-refractivity contribution in [2.75, 3.05) is 27.3 Å². The van der Waals surface area contributed by atoms with Crippen LogP contribution in [0.2, 0.25) is 0 Å². The smallest absolute Gasteiger partial charge is 0.493 e. The molecule has 1 atom stereocenters. The molecule has 0 amide bonds. The molecule has 1 fully saturated rings. The molecule has 1 saturated heterocycles. The Balaban J connectivity index is 0.00000240. The Morgan fingerprint density at radius 2 is 1.66 bits per heavy atom. The summed E-state index contributed by atoms with van der Waals surface area (Å²) in [5.41, 5.74) is 3.31. The second-order valence-corrected chi connectivity index (χ2v) is 8.07. The Bertz CT molecular complexity index is 832. The number of benzene rings is 2. The fourth-order valence-corrected chi connectivity index (χ4v) is 4.71. The number of piperidine rings is 1. The number of hydrogen-bond acceptors (Lipinski definition) is 4. The van der Waals surface area contributed by atoms with Crippen molar-refractivity contribution in [2.24, 2.45) is 11.8 Å². The molecule has 1 aliphatic heterocycles. The minimum Gasteiger partial charge on any atom is -0.493 e. The van der Waals surface area contributed by atoms with Crippen LogP contribution in [0.4, 0.5) is 0 Å². The first-order valence-corrected chi connectivity index (χ1v) is 10.2. The maximum Gasteiger partial charge on any atom is 2.00 e. The van der Waals surface area contributed by atoms with Gasteiger partial charge in [-0.2, -0.15) is 0 Å². The molecular formula is C24H29MgNO3+2. The van der Waals surface area contributed by atoms with E-state index in [0.717, 1.165) is 43.6 Å². The monoisotopic (exact) mass is 403 g/mol. The summed E-state index contributed by atoms with van der Waals surface area (Å²) in [6.07, 6.45) is 4.19. The fraction of sp³-hybridized carbons (Fsp3) is 0.458. The van der Waals surface area contributed by atoms with Gasteiger partial charge in [0.05, 0.1) is 14.2 Å². The minimum atomic E-state index is 0. The molecule has 2 aromatic carbocycles. The number of hydrogen-bond donors (Lipinski definition) is 0. The Hall–Kier alpha value is -1.56. The number of methoxy groups -OCH3 is 2. The molecule has 2 aromatic rings. The summed E-state index contributed by atoms with van der Waals surface area (Å²) < 4.78 is 10.8. The third-order valence-electron chi connectivity index (χ3n) is 6.29. The number of likely N-dealkylation sites (tertiary alicyclic amines) is 1. The van der Waals surface area contributed by atoms with Gasteiger partial charge in [-0.3, -0.25) is 9.69 Å². The van der Waals surface area contributed by atoms with E-state index in [1.807, 2.05) is 12.1 Å². The predicted molar refractivity (Wildman–Crippen MR) is 116 cm³/mol. The van der Waals surface area contributed by atoms with Crippen molar-refractivity contribution in [1.29, 1.82) is 0 Å². The number of carbonyl (C=O) groups excluding carboxylic acids is 1. The van der Waals surface area contributed by atoms with Gasteiger partial charge in [-0.15, -0.1) is 0 Å². The third-order valence-corrected chi connectivity index (χ3v) is 6.29. The maximum atomic E-state index is 12.9. The maximum absolute atomic E-state index is 12.9. The van der Waals surface area contributed by atoms with E-state index in [1.165, 1.54) is 18.4 Å². The van der Waals surface area contributed by atoms with Gasteiger partial charge in [-0.1, -0.05) is 30.3 Å². The molecule has 2 aliphatic rings. The standard InChI is InChI=1S/C24H29NO3.Mg/c1-27-22-14-19-13-20(24(26)21(19)15-23(22)28-2)12-17-8-10-25(11-9-17)16-18-6-4-3-5-7-18;/h3-7,14-15,17,20H,8-13,16H2,1-2H3;/q;+2. The first-order valence-electron chi connectivity index (χ1n) is 10.2.